The van der Waals surface area contributed by atoms with Crippen molar-refractivity contribution in [1.82, 2.24) is 5.32 Å². The van der Waals surface area contributed by atoms with E-state index in [1.54, 1.807) is 6.07 Å². The summed E-state index contributed by atoms with van der Waals surface area (Å²) >= 11 is 3.36. The SMILES string of the molecule is Fc1ccc(Br)c(OCCNC2CCCCCC2)c1. The van der Waals surface area contributed by atoms with E-state index in [0.29, 0.717) is 18.4 Å². The highest BCUT2D eigenvalue weighted by molar-refractivity contribution is 9.10. The first kappa shape index (κ1) is 14.8. The fraction of sp³-hybridized carbons (Fsp3) is 0.600. The Labute approximate surface area is 122 Å². The lowest BCUT2D eigenvalue weighted by molar-refractivity contribution is 0.297. The van der Waals surface area contributed by atoms with Crippen LogP contribution in [0.2, 0.25) is 0 Å². The van der Waals surface area contributed by atoms with Gasteiger partial charge in [-0.1, -0.05) is 25.7 Å². The van der Waals surface area contributed by atoms with Gasteiger partial charge in [-0.05, 0) is 40.9 Å². The van der Waals surface area contributed by atoms with Crippen LogP contribution >= 0.6 is 15.9 Å². The number of benzene rings is 1. The first-order valence-electron chi connectivity index (χ1n) is 7.07. The fourth-order valence-corrected chi connectivity index (χ4v) is 2.86. The average molecular weight is 330 g/mol. The molecule has 0 amide bonds. The first-order chi connectivity index (χ1) is 9.25. The molecule has 0 unspecified atom stereocenters. The molecule has 1 fully saturated rings. The lowest BCUT2D eigenvalue weighted by atomic mass is 10.1. The van der Waals surface area contributed by atoms with Crippen LogP contribution in [0, 0.1) is 5.82 Å². The van der Waals surface area contributed by atoms with Crippen LogP contribution < -0.4 is 10.1 Å². The van der Waals surface area contributed by atoms with Crippen molar-refractivity contribution in [1.29, 1.82) is 0 Å². The van der Waals surface area contributed by atoms with Crippen molar-refractivity contribution < 1.29 is 9.13 Å². The Kier molecular flexibility index (Phi) is 6.11. The molecule has 1 N–H and O–H groups in total. The molecule has 1 saturated carbocycles. The van der Waals surface area contributed by atoms with Crippen LogP contribution in [0.25, 0.3) is 0 Å². The minimum absolute atomic E-state index is 0.269. The molecule has 0 aromatic heterocycles. The molecule has 1 aromatic rings. The monoisotopic (exact) mass is 329 g/mol. The number of hydrogen-bond donors (Lipinski definition) is 1. The van der Waals surface area contributed by atoms with Gasteiger partial charge >= 0.3 is 0 Å². The first-order valence-corrected chi connectivity index (χ1v) is 7.86. The molecule has 0 spiro atoms. The molecule has 106 valence electrons. The lowest BCUT2D eigenvalue weighted by Crippen LogP contribution is -2.32. The van der Waals surface area contributed by atoms with Gasteiger partial charge in [-0.25, -0.2) is 4.39 Å². The molecule has 0 heterocycles. The number of nitrogens with one attached hydrogen (secondary N) is 1. The molecule has 1 aromatic carbocycles. The van der Waals surface area contributed by atoms with Crippen molar-refractivity contribution in [3.8, 4) is 5.75 Å². The molecule has 4 heteroatoms. The van der Waals surface area contributed by atoms with Crippen molar-refractivity contribution in [2.45, 2.75) is 44.6 Å². The van der Waals surface area contributed by atoms with E-state index in [0.717, 1.165) is 11.0 Å². The van der Waals surface area contributed by atoms with E-state index in [9.17, 15) is 4.39 Å². The minimum Gasteiger partial charge on any atom is -0.491 e. The predicted octanol–water partition coefficient (Wildman–Crippen LogP) is 4.28. The van der Waals surface area contributed by atoms with Crippen molar-refractivity contribution >= 4 is 15.9 Å². The highest BCUT2D eigenvalue weighted by atomic mass is 79.9. The molecular weight excluding hydrogens is 309 g/mol. The maximum absolute atomic E-state index is 13.1. The second kappa shape index (κ2) is 7.85. The van der Waals surface area contributed by atoms with Gasteiger partial charge in [-0.15, -0.1) is 0 Å². The third-order valence-electron chi connectivity index (χ3n) is 3.54. The largest absolute Gasteiger partial charge is 0.491 e. The van der Waals surface area contributed by atoms with Crippen molar-refractivity contribution in [2.24, 2.45) is 0 Å². The van der Waals surface area contributed by atoms with E-state index < -0.39 is 0 Å². The Bertz CT molecular complexity index is 392. The van der Waals surface area contributed by atoms with Gasteiger partial charge in [0.15, 0.2) is 0 Å². The summed E-state index contributed by atoms with van der Waals surface area (Å²) in [6.07, 6.45) is 7.92. The lowest BCUT2D eigenvalue weighted by Gasteiger charge is -2.16. The zero-order valence-electron chi connectivity index (χ0n) is 11.1. The highest BCUT2D eigenvalue weighted by Crippen LogP contribution is 2.25. The van der Waals surface area contributed by atoms with Crippen molar-refractivity contribution in [3.63, 3.8) is 0 Å². The van der Waals surface area contributed by atoms with E-state index in [-0.39, 0.29) is 5.82 Å². The highest BCUT2D eigenvalue weighted by Gasteiger charge is 2.11. The quantitative estimate of drug-likeness (QED) is 0.643. The van der Waals surface area contributed by atoms with Gasteiger partial charge in [0.25, 0.3) is 0 Å². The van der Waals surface area contributed by atoms with Crippen LogP contribution in [-0.2, 0) is 0 Å². The summed E-state index contributed by atoms with van der Waals surface area (Å²) in [5.74, 6) is 0.303. The summed E-state index contributed by atoms with van der Waals surface area (Å²) in [6, 6.07) is 5.13. The summed E-state index contributed by atoms with van der Waals surface area (Å²) < 4.78 is 19.5. The molecule has 1 aliphatic carbocycles. The fourth-order valence-electron chi connectivity index (χ4n) is 2.50. The zero-order chi connectivity index (χ0) is 13.5. The molecular formula is C15H21BrFNO. The number of rotatable bonds is 5. The number of ether oxygens (including phenoxy) is 1. The maximum Gasteiger partial charge on any atom is 0.136 e. The Morgan fingerprint density at radius 3 is 2.68 bits per heavy atom. The van der Waals surface area contributed by atoms with Gasteiger partial charge in [-0.3, -0.25) is 0 Å². The molecule has 0 saturated heterocycles. The van der Waals surface area contributed by atoms with E-state index >= 15 is 0 Å². The van der Waals surface area contributed by atoms with Crippen LogP contribution in [0.4, 0.5) is 4.39 Å². The van der Waals surface area contributed by atoms with Crippen LogP contribution in [0.3, 0.4) is 0 Å². The molecule has 1 aliphatic rings. The zero-order valence-corrected chi connectivity index (χ0v) is 12.7. The molecule has 2 rings (SSSR count). The molecule has 0 radical (unpaired) electrons. The summed E-state index contributed by atoms with van der Waals surface area (Å²) in [4.78, 5) is 0. The van der Waals surface area contributed by atoms with Crippen LogP contribution in [-0.4, -0.2) is 19.2 Å². The average Bonchev–Trinajstić information content (AvgIpc) is 2.67. The standard InChI is InChI=1S/C15H21BrFNO/c16-14-8-7-12(17)11-15(14)19-10-9-18-13-5-3-1-2-4-6-13/h7-8,11,13,18H,1-6,9-10H2. The normalized spacial score (nSPS) is 17.2. The van der Waals surface area contributed by atoms with Crippen LogP contribution in [0.1, 0.15) is 38.5 Å². The Morgan fingerprint density at radius 2 is 1.95 bits per heavy atom. The summed E-state index contributed by atoms with van der Waals surface area (Å²) in [6.45, 7) is 1.38. The Balaban J connectivity index is 1.69. The van der Waals surface area contributed by atoms with Gasteiger partial charge in [0.1, 0.15) is 18.2 Å². The molecule has 2 nitrogen and oxygen atoms in total. The molecule has 0 atom stereocenters. The molecule has 0 bridgehead atoms. The van der Waals surface area contributed by atoms with E-state index in [4.69, 9.17) is 4.74 Å². The van der Waals surface area contributed by atoms with Crippen LogP contribution in [0.5, 0.6) is 5.75 Å². The van der Waals surface area contributed by atoms with Crippen molar-refractivity contribution in [3.05, 3.63) is 28.5 Å². The van der Waals surface area contributed by atoms with Gasteiger partial charge in [-0.2, -0.15) is 0 Å². The summed E-state index contributed by atoms with van der Waals surface area (Å²) in [7, 11) is 0. The van der Waals surface area contributed by atoms with Crippen molar-refractivity contribution in [2.75, 3.05) is 13.2 Å². The third-order valence-corrected chi connectivity index (χ3v) is 4.20. The van der Waals surface area contributed by atoms with Crippen LogP contribution in [0.15, 0.2) is 22.7 Å². The van der Waals surface area contributed by atoms with E-state index in [2.05, 4.69) is 21.2 Å². The summed E-state index contributed by atoms with van der Waals surface area (Å²) in [5.41, 5.74) is 0. The Hall–Kier alpha value is -0.610. The minimum atomic E-state index is -0.269. The smallest absolute Gasteiger partial charge is 0.136 e. The Morgan fingerprint density at radius 1 is 1.21 bits per heavy atom. The van der Waals surface area contributed by atoms with E-state index in [1.807, 2.05) is 0 Å². The summed E-state index contributed by atoms with van der Waals surface area (Å²) in [5, 5.41) is 3.53. The third kappa shape index (κ3) is 5.11. The number of halogens is 2. The second-order valence-corrected chi connectivity index (χ2v) is 5.92. The topological polar surface area (TPSA) is 21.3 Å². The van der Waals surface area contributed by atoms with Gasteiger partial charge in [0.05, 0.1) is 4.47 Å². The van der Waals surface area contributed by atoms with Gasteiger partial charge < -0.3 is 10.1 Å². The maximum atomic E-state index is 13.1. The second-order valence-electron chi connectivity index (χ2n) is 5.07. The van der Waals surface area contributed by atoms with Gasteiger partial charge in [0.2, 0.25) is 0 Å². The van der Waals surface area contributed by atoms with Gasteiger partial charge in [0, 0.05) is 18.7 Å². The van der Waals surface area contributed by atoms with E-state index in [1.165, 1.54) is 50.7 Å². The molecule has 19 heavy (non-hydrogen) atoms. The number of hydrogen-bond acceptors (Lipinski definition) is 2. The predicted molar refractivity (Wildman–Crippen MR) is 79.1 cm³/mol. The molecule has 0 aliphatic heterocycles.